The highest BCUT2D eigenvalue weighted by Gasteiger charge is 2.42. The largest absolute Gasteiger partial charge is 0.458 e. The monoisotopic (exact) mass is 465 g/mol. The topological polar surface area (TPSA) is 108 Å². The summed E-state index contributed by atoms with van der Waals surface area (Å²) in [5.74, 6) is 1.97. The van der Waals surface area contributed by atoms with Gasteiger partial charge in [0.2, 0.25) is 5.95 Å². The van der Waals surface area contributed by atoms with Crippen LogP contribution in [-0.4, -0.2) is 83.0 Å². The highest BCUT2D eigenvalue weighted by molar-refractivity contribution is 7.92. The van der Waals surface area contributed by atoms with Crippen LogP contribution < -0.4 is 9.80 Å². The highest BCUT2D eigenvalue weighted by Crippen LogP contribution is 2.36. The molecule has 1 aromatic heterocycles. The molecular formula is C22H33N4O5S+. The lowest BCUT2D eigenvalue weighted by atomic mass is 9.87. The molecule has 3 aliphatic heterocycles. The van der Waals surface area contributed by atoms with Crippen LogP contribution in [0.1, 0.15) is 44.2 Å². The summed E-state index contributed by atoms with van der Waals surface area (Å²) in [5.41, 5.74) is 0.941. The highest BCUT2D eigenvalue weighted by atomic mass is 32.2. The van der Waals surface area contributed by atoms with Gasteiger partial charge >= 0.3 is 5.97 Å². The molecule has 1 atom stereocenters. The first-order valence-corrected chi connectivity index (χ1v) is 13.1. The van der Waals surface area contributed by atoms with Crippen LogP contribution in [0, 0.1) is 5.92 Å². The number of esters is 1. The molecule has 3 fully saturated rings. The zero-order chi connectivity index (χ0) is 22.2. The Hall–Kier alpha value is -1.62. The number of nitrogens with zero attached hydrogens (tertiary/aromatic N) is 4. The van der Waals surface area contributed by atoms with Crippen molar-refractivity contribution in [2.45, 2.75) is 68.1 Å². The van der Waals surface area contributed by atoms with Crippen molar-refractivity contribution in [1.29, 1.82) is 0 Å². The molecule has 0 aromatic carbocycles. The number of aromatic nitrogens is 2. The van der Waals surface area contributed by atoms with Crippen LogP contribution in [0.4, 0.5) is 11.8 Å². The van der Waals surface area contributed by atoms with Gasteiger partial charge in [0.15, 0.2) is 22.7 Å². The SMILES string of the molecule is CN(c1nc(N2CC(OC(=O)C3CCC(O)CC3)C2)nc2c1[S+](O)CC2)C1CCOCC1. The predicted molar refractivity (Wildman–Crippen MR) is 121 cm³/mol. The van der Waals surface area contributed by atoms with E-state index in [1.165, 1.54) is 0 Å². The van der Waals surface area contributed by atoms with Crippen molar-refractivity contribution in [2.75, 3.05) is 48.9 Å². The van der Waals surface area contributed by atoms with E-state index in [0.29, 0.717) is 56.5 Å². The molecule has 0 radical (unpaired) electrons. The fourth-order valence-electron chi connectivity index (χ4n) is 5.05. The third-order valence-electron chi connectivity index (χ3n) is 7.19. The van der Waals surface area contributed by atoms with E-state index in [-0.39, 0.29) is 24.1 Å². The van der Waals surface area contributed by atoms with Crippen LogP contribution in [0.15, 0.2) is 4.90 Å². The fraction of sp³-hybridized carbons (Fsp3) is 0.773. The van der Waals surface area contributed by atoms with Crippen LogP contribution >= 0.6 is 0 Å². The van der Waals surface area contributed by atoms with E-state index >= 15 is 0 Å². The quantitative estimate of drug-likeness (QED) is 0.492. The van der Waals surface area contributed by atoms with Crippen LogP contribution in [0.25, 0.3) is 0 Å². The van der Waals surface area contributed by atoms with Crippen LogP contribution in [0.2, 0.25) is 0 Å². The lowest BCUT2D eigenvalue weighted by Crippen LogP contribution is -2.54. The zero-order valence-corrected chi connectivity index (χ0v) is 19.4. The van der Waals surface area contributed by atoms with E-state index in [1.54, 1.807) is 0 Å². The molecule has 10 heteroatoms. The van der Waals surface area contributed by atoms with Crippen molar-refractivity contribution in [3.8, 4) is 0 Å². The number of hydrogen-bond acceptors (Lipinski definition) is 9. The summed E-state index contributed by atoms with van der Waals surface area (Å²) in [6.45, 7) is 2.68. The molecule has 176 valence electrons. The van der Waals surface area contributed by atoms with E-state index in [9.17, 15) is 14.5 Å². The van der Waals surface area contributed by atoms with E-state index < -0.39 is 11.2 Å². The van der Waals surface area contributed by atoms with Gasteiger partial charge in [-0.3, -0.25) is 4.79 Å². The maximum atomic E-state index is 12.5. The normalized spacial score (nSPS) is 28.8. The van der Waals surface area contributed by atoms with Gasteiger partial charge in [0.05, 0.1) is 25.1 Å². The second-order valence-electron chi connectivity index (χ2n) is 9.37. The Morgan fingerprint density at radius 2 is 1.88 bits per heavy atom. The molecule has 1 aliphatic carbocycles. The molecule has 0 amide bonds. The minimum atomic E-state index is -0.814. The van der Waals surface area contributed by atoms with E-state index in [1.807, 2.05) is 0 Å². The van der Waals surface area contributed by atoms with Crippen molar-refractivity contribution in [2.24, 2.45) is 5.92 Å². The summed E-state index contributed by atoms with van der Waals surface area (Å²) in [6, 6.07) is 0.340. The molecule has 0 spiro atoms. The molecule has 2 N–H and O–H groups in total. The number of hydrogen-bond donors (Lipinski definition) is 2. The number of anilines is 2. The summed E-state index contributed by atoms with van der Waals surface area (Å²) in [7, 11) is 2.06. The number of aliphatic hydroxyl groups excluding tert-OH is 1. The van der Waals surface area contributed by atoms with Gasteiger partial charge in [0.1, 0.15) is 11.8 Å². The second-order valence-corrected chi connectivity index (χ2v) is 10.9. The summed E-state index contributed by atoms with van der Waals surface area (Å²) in [6.07, 6.45) is 5.00. The van der Waals surface area contributed by atoms with Gasteiger partial charge in [-0.25, -0.2) is 4.98 Å². The summed E-state index contributed by atoms with van der Waals surface area (Å²) in [4.78, 5) is 27.3. The molecule has 9 nitrogen and oxygen atoms in total. The first-order valence-electron chi connectivity index (χ1n) is 11.7. The molecule has 0 bridgehead atoms. The second kappa shape index (κ2) is 9.32. The average molecular weight is 466 g/mol. The molecule has 5 rings (SSSR count). The molecule has 32 heavy (non-hydrogen) atoms. The lowest BCUT2D eigenvalue weighted by Gasteiger charge is -2.40. The first kappa shape index (κ1) is 22.2. The molecule has 4 heterocycles. The summed E-state index contributed by atoms with van der Waals surface area (Å²) >= 11 is -0.814. The number of aryl methyl sites for hydroxylation is 1. The number of ether oxygens (including phenoxy) is 2. The third kappa shape index (κ3) is 4.42. The Morgan fingerprint density at radius 1 is 1.16 bits per heavy atom. The first-order chi connectivity index (χ1) is 15.5. The third-order valence-corrected chi connectivity index (χ3v) is 8.67. The van der Waals surface area contributed by atoms with Crippen LogP contribution in [0.3, 0.4) is 0 Å². The number of aliphatic hydroxyl groups is 1. The Balaban J connectivity index is 1.25. The Kier molecular flexibility index (Phi) is 6.46. The van der Waals surface area contributed by atoms with E-state index in [0.717, 1.165) is 48.9 Å². The minimum absolute atomic E-state index is 0.0918. The Labute approximate surface area is 191 Å². The van der Waals surface area contributed by atoms with Crippen molar-refractivity contribution in [1.82, 2.24) is 9.97 Å². The molecule has 1 saturated carbocycles. The maximum Gasteiger partial charge on any atom is 0.309 e. The van der Waals surface area contributed by atoms with Crippen LogP contribution in [0.5, 0.6) is 0 Å². The number of carbonyl (C=O) groups excluding carboxylic acids is 1. The number of carbonyl (C=O) groups is 1. The van der Waals surface area contributed by atoms with Crippen molar-refractivity contribution >= 4 is 28.9 Å². The molecule has 4 aliphatic rings. The van der Waals surface area contributed by atoms with Gasteiger partial charge < -0.3 is 24.4 Å². The minimum Gasteiger partial charge on any atom is -0.458 e. The maximum absolute atomic E-state index is 12.5. The Bertz CT molecular complexity index is 838. The van der Waals surface area contributed by atoms with Gasteiger partial charge in [0, 0.05) is 32.7 Å². The Morgan fingerprint density at radius 3 is 2.59 bits per heavy atom. The number of fused-ring (bicyclic) bond motifs is 1. The standard InChI is InChI=1S/C22H33N4O5S/c1-25(15-6-9-30-10-7-15)20-19-18(8-11-32(19)29)23-22(24-20)26-12-17(13-26)31-21(28)14-2-4-16(27)5-3-14/h14-17,27,29H,2-13H2,1H3/q+1. The molecular weight excluding hydrogens is 432 g/mol. The van der Waals surface area contributed by atoms with Crippen molar-refractivity contribution < 1.29 is 23.9 Å². The van der Waals surface area contributed by atoms with E-state index in [4.69, 9.17) is 19.4 Å². The zero-order valence-electron chi connectivity index (χ0n) is 18.6. The predicted octanol–water partition coefficient (Wildman–Crippen LogP) is 1.38. The van der Waals surface area contributed by atoms with Crippen LogP contribution in [-0.2, 0) is 31.9 Å². The lowest BCUT2D eigenvalue weighted by molar-refractivity contribution is -0.157. The van der Waals surface area contributed by atoms with Gasteiger partial charge in [0.25, 0.3) is 4.90 Å². The molecule has 1 aromatic rings. The van der Waals surface area contributed by atoms with Gasteiger partial charge in [-0.2, -0.15) is 9.54 Å². The summed E-state index contributed by atoms with van der Waals surface area (Å²) < 4.78 is 21.8. The van der Waals surface area contributed by atoms with E-state index in [2.05, 4.69) is 16.8 Å². The van der Waals surface area contributed by atoms with Gasteiger partial charge in [-0.1, -0.05) is 0 Å². The van der Waals surface area contributed by atoms with Crippen molar-refractivity contribution in [3.05, 3.63) is 5.69 Å². The van der Waals surface area contributed by atoms with Gasteiger partial charge in [-0.05, 0) is 38.5 Å². The van der Waals surface area contributed by atoms with Crippen molar-refractivity contribution in [3.63, 3.8) is 0 Å². The summed E-state index contributed by atoms with van der Waals surface area (Å²) in [5, 5.41) is 9.64. The number of rotatable bonds is 5. The fourth-order valence-corrected chi connectivity index (χ4v) is 6.46. The molecule has 1 unspecified atom stereocenters. The average Bonchev–Trinajstić information content (AvgIpc) is 3.16. The van der Waals surface area contributed by atoms with Gasteiger partial charge in [-0.15, -0.1) is 0 Å². The smallest absolute Gasteiger partial charge is 0.309 e. The molecule has 2 saturated heterocycles.